The predicted molar refractivity (Wildman–Crippen MR) is 101 cm³/mol. The average molecular weight is 456 g/mol. The molecule has 0 bridgehead atoms. The number of benzene rings is 2. The highest BCUT2D eigenvalue weighted by Gasteiger charge is 2.39. The van der Waals surface area contributed by atoms with Crippen LogP contribution in [0.15, 0.2) is 59.5 Å². The zero-order valence-electron chi connectivity index (χ0n) is 12.9. The van der Waals surface area contributed by atoms with E-state index in [9.17, 15) is 13.2 Å². The van der Waals surface area contributed by atoms with Crippen LogP contribution < -0.4 is 5.32 Å². The minimum atomic E-state index is -3.66. The molecule has 0 aliphatic carbocycles. The van der Waals surface area contributed by atoms with E-state index in [1.165, 1.54) is 4.31 Å². The molecule has 1 heterocycles. The van der Waals surface area contributed by atoms with Gasteiger partial charge in [0.15, 0.2) is 0 Å². The number of carbonyl (C=O) groups excluding carboxylic acids is 1. The standard InChI is InChI=1S/C17H17IN2O3S/c18-13-6-4-7-14(12-13)19-17(21)16-10-5-11-20(16)24(22,23)15-8-2-1-3-9-15/h1-4,6-9,12,16H,5,10-11H2,(H,19,21)/t16-/m0/s1. The maximum atomic E-state index is 12.8. The summed E-state index contributed by atoms with van der Waals surface area (Å²) in [6.07, 6.45) is 1.21. The lowest BCUT2D eigenvalue weighted by Gasteiger charge is -2.23. The number of carbonyl (C=O) groups is 1. The molecule has 3 rings (SSSR count). The third-order valence-electron chi connectivity index (χ3n) is 3.95. The van der Waals surface area contributed by atoms with E-state index in [1.807, 2.05) is 18.2 Å². The van der Waals surface area contributed by atoms with Gasteiger partial charge in [-0.05, 0) is 65.8 Å². The summed E-state index contributed by atoms with van der Waals surface area (Å²) < 4.78 is 27.9. The lowest BCUT2D eigenvalue weighted by atomic mass is 10.2. The van der Waals surface area contributed by atoms with E-state index in [-0.39, 0.29) is 10.8 Å². The van der Waals surface area contributed by atoms with Crippen LogP contribution in [-0.4, -0.2) is 31.2 Å². The minimum absolute atomic E-state index is 0.221. The highest BCUT2D eigenvalue weighted by Crippen LogP contribution is 2.27. The van der Waals surface area contributed by atoms with Crippen molar-refractivity contribution in [2.75, 3.05) is 11.9 Å². The van der Waals surface area contributed by atoms with Gasteiger partial charge >= 0.3 is 0 Å². The van der Waals surface area contributed by atoms with Crippen molar-refractivity contribution in [2.45, 2.75) is 23.8 Å². The molecule has 2 aromatic carbocycles. The zero-order valence-corrected chi connectivity index (χ0v) is 15.8. The minimum Gasteiger partial charge on any atom is -0.325 e. The van der Waals surface area contributed by atoms with Crippen LogP contribution in [0, 0.1) is 3.57 Å². The average Bonchev–Trinajstić information content (AvgIpc) is 3.06. The second kappa shape index (κ2) is 7.20. The molecule has 7 heteroatoms. The number of nitrogens with one attached hydrogen (secondary N) is 1. The number of hydrogen-bond donors (Lipinski definition) is 1. The topological polar surface area (TPSA) is 66.5 Å². The normalized spacial score (nSPS) is 18.5. The van der Waals surface area contributed by atoms with Gasteiger partial charge in [0.1, 0.15) is 6.04 Å². The summed E-state index contributed by atoms with van der Waals surface area (Å²) in [5.74, 6) is -0.283. The molecule has 1 atom stereocenters. The van der Waals surface area contributed by atoms with E-state index in [1.54, 1.807) is 36.4 Å². The first kappa shape index (κ1) is 17.4. The Morgan fingerprint density at radius 3 is 2.58 bits per heavy atom. The van der Waals surface area contributed by atoms with Crippen molar-refractivity contribution in [3.05, 3.63) is 58.2 Å². The molecule has 1 fully saturated rings. The Balaban J connectivity index is 1.81. The second-order valence-electron chi connectivity index (χ2n) is 5.59. The van der Waals surface area contributed by atoms with Gasteiger partial charge in [-0.3, -0.25) is 4.79 Å². The number of sulfonamides is 1. The first-order valence-corrected chi connectivity index (χ1v) is 10.1. The van der Waals surface area contributed by atoms with Crippen LogP contribution in [0.2, 0.25) is 0 Å². The number of hydrogen-bond acceptors (Lipinski definition) is 3. The van der Waals surface area contributed by atoms with Crippen LogP contribution in [0.3, 0.4) is 0 Å². The smallest absolute Gasteiger partial charge is 0.243 e. The molecule has 1 N–H and O–H groups in total. The Morgan fingerprint density at radius 2 is 1.88 bits per heavy atom. The van der Waals surface area contributed by atoms with Crippen LogP contribution in [0.4, 0.5) is 5.69 Å². The van der Waals surface area contributed by atoms with Crippen LogP contribution >= 0.6 is 22.6 Å². The number of amides is 1. The zero-order chi connectivity index (χ0) is 17.2. The molecule has 0 spiro atoms. The van der Waals surface area contributed by atoms with E-state index >= 15 is 0 Å². The number of rotatable bonds is 4. The molecular weight excluding hydrogens is 439 g/mol. The highest BCUT2D eigenvalue weighted by molar-refractivity contribution is 14.1. The summed E-state index contributed by atoms with van der Waals surface area (Å²) in [6.45, 7) is 0.363. The molecule has 0 unspecified atom stereocenters. The molecule has 5 nitrogen and oxygen atoms in total. The SMILES string of the molecule is O=C(Nc1cccc(I)c1)[C@@H]1CCCN1S(=O)(=O)c1ccccc1. The van der Waals surface area contributed by atoms with Crippen LogP contribution in [0.25, 0.3) is 0 Å². The van der Waals surface area contributed by atoms with E-state index in [0.717, 1.165) is 3.57 Å². The van der Waals surface area contributed by atoms with Gasteiger partial charge in [0, 0.05) is 15.8 Å². The maximum Gasteiger partial charge on any atom is 0.243 e. The molecule has 0 aromatic heterocycles. The molecular formula is C17H17IN2O3S. The third kappa shape index (κ3) is 3.62. The van der Waals surface area contributed by atoms with Crippen molar-refractivity contribution in [3.8, 4) is 0 Å². The third-order valence-corrected chi connectivity index (χ3v) is 6.54. The lowest BCUT2D eigenvalue weighted by Crippen LogP contribution is -2.43. The molecule has 126 valence electrons. The lowest BCUT2D eigenvalue weighted by molar-refractivity contribution is -0.119. The molecule has 0 radical (unpaired) electrons. The largest absolute Gasteiger partial charge is 0.325 e. The van der Waals surface area contributed by atoms with Gasteiger partial charge in [-0.2, -0.15) is 4.31 Å². The van der Waals surface area contributed by atoms with Crippen molar-refractivity contribution in [3.63, 3.8) is 0 Å². The summed E-state index contributed by atoms with van der Waals surface area (Å²) in [4.78, 5) is 12.8. The first-order valence-electron chi connectivity index (χ1n) is 7.62. The predicted octanol–water partition coefficient (Wildman–Crippen LogP) is 3.08. The van der Waals surface area contributed by atoms with Gasteiger partial charge in [-0.15, -0.1) is 0 Å². The first-order chi connectivity index (χ1) is 11.5. The monoisotopic (exact) mass is 456 g/mol. The van der Waals surface area contributed by atoms with E-state index in [0.29, 0.717) is 25.1 Å². The van der Waals surface area contributed by atoms with Gasteiger partial charge in [-0.1, -0.05) is 24.3 Å². The van der Waals surface area contributed by atoms with Crippen LogP contribution in [-0.2, 0) is 14.8 Å². The van der Waals surface area contributed by atoms with Crippen molar-refractivity contribution in [1.29, 1.82) is 0 Å². The van der Waals surface area contributed by atoms with Crippen molar-refractivity contribution >= 4 is 44.2 Å². The fourth-order valence-corrected chi connectivity index (χ4v) is 5.03. The number of halogens is 1. The van der Waals surface area contributed by atoms with E-state index < -0.39 is 16.1 Å². The summed E-state index contributed by atoms with van der Waals surface area (Å²) in [6, 6.07) is 15.0. The van der Waals surface area contributed by atoms with Crippen molar-refractivity contribution in [2.24, 2.45) is 0 Å². The molecule has 1 aliphatic rings. The summed E-state index contributed by atoms with van der Waals surface area (Å²) >= 11 is 2.17. The summed E-state index contributed by atoms with van der Waals surface area (Å²) in [7, 11) is -3.66. The quantitative estimate of drug-likeness (QED) is 0.720. The van der Waals surface area contributed by atoms with Crippen molar-refractivity contribution < 1.29 is 13.2 Å². The number of nitrogens with zero attached hydrogens (tertiary/aromatic N) is 1. The molecule has 1 saturated heterocycles. The van der Waals surface area contributed by atoms with Crippen molar-refractivity contribution in [1.82, 2.24) is 4.31 Å². The Bertz CT molecular complexity index is 840. The Hall–Kier alpha value is -1.45. The fourth-order valence-electron chi connectivity index (χ4n) is 2.81. The van der Waals surface area contributed by atoms with Gasteiger partial charge in [0.25, 0.3) is 0 Å². The van der Waals surface area contributed by atoms with Gasteiger partial charge in [-0.25, -0.2) is 8.42 Å². The van der Waals surface area contributed by atoms with E-state index in [2.05, 4.69) is 27.9 Å². The Labute approximate surface area is 155 Å². The summed E-state index contributed by atoms with van der Waals surface area (Å²) in [5.41, 5.74) is 0.677. The van der Waals surface area contributed by atoms with Crippen LogP contribution in [0.5, 0.6) is 0 Å². The molecule has 24 heavy (non-hydrogen) atoms. The van der Waals surface area contributed by atoms with Crippen LogP contribution in [0.1, 0.15) is 12.8 Å². The van der Waals surface area contributed by atoms with Gasteiger partial charge in [0.2, 0.25) is 15.9 Å². The number of anilines is 1. The maximum absolute atomic E-state index is 12.8. The van der Waals surface area contributed by atoms with Gasteiger partial charge < -0.3 is 5.32 Å². The highest BCUT2D eigenvalue weighted by atomic mass is 127. The van der Waals surface area contributed by atoms with E-state index in [4.69, 9.17) is 0 Å². The Kier molecular flexibility index (Phi) is 5.21. The molecule has 0 saturated carbocycles. The molecule has 2 aromatic rings. The summed E-state index contributed by atoms with van der Waals surface area (Å²) in [5, 5.41) is 2.83. The molecule has 1 amide bonds. The van der Waals surface area contributed by atoms with Gasteiger partial charge in [0.05, 0.1) is 4.90 Å². The fraction of sp³-hybridized carbons (Fsp3) is 0.235. The molecule has 1 aliphatic heterocycles. The second-order valence-corrected chi connectivity index (χ2v) is 8.72. The Morgan fingerprint density at radius 1 is 1.12 bits per heavy atom.